The minimum absolute atomic E-state index is 0.0914. The number of rotatable bonds is 9. The number of nitrogens with one attached hydrogen (secondary N) is 2. The van der Waals surface area contributed by atoms with E-state index in [9.17, 15) is 9.59 Å². The van der Waals surface area contributed by atoms with Crippen molar-refractivity contribution in [2.24, 2.45) is 7.05 Å². The maximum absolute atomic E-state index is 12.5. The Bertz CT molecular complexity index is 912. The first kappa shape index (κ1) is 23.4. The lowest BCUT2D eigenvalue weighted by Gasteiger charge is -2.32. The van der Waals surface area contributed by atoms with E-state index in [1.165, 1.54) is 21.3 Å². The quantitative estimate of drug-likeness (QED) is 0.605. The largest absolute Gasteiger partial charge is 0.493 e. The number of benzene rings is 1. The molecule has 2 amide bonds. The Balaban J connectivity index is 1.44. The molecule has 1 saturated heterocycles. The van der Waals surface area contributed by atoms with Gasteiger partial charge in [0.05, 0.1) is 33.1 Å². The van der Waals surface area contributed by atoms with Crippen molar-refractivity contribution in [2.45, 2.75) is 25.3 Å². The molecule has 32 heavy (non-hydrogen) atoms. The molecular weight excluding hydrogens is 414 g/mol. The van der Waals surface area contributed by atoms with Crippen LogP contribution in [0.15, 0.2) is 24.5 Å². The maximum atomic E-state index is 12.5. The molecule has 10 nitrogen and oxygen atoms in total. The van der Waals surface area contributed by atoms with Crippen molar-refractivity contribution in [3.8, 4) is 17.2 Å². The van der Waals surface area contributed by atoms with E-state index >= 15 is 0 Å². The Labute approximate surface area is 187 Å². The van der Waals surface area contributed by atoms with E-state index in [1.54, 1.807) is 36.3 Å². The molecule has 0 saturated carbocycles. The molecule has 0 spiro atoms. The number of piperidine rings is 1. The van der Waals surface area contributed by atoms with Crippen LogP contribution < -0.4 is 24.8 Å². The first-order valence-corrected chi connectivity index (χ1v) is 10.5. The summed E-state index contributed by atoms with van der Waals surface area (Å²) < 4.78 is 17.6. The number of likely N-dealkylation sites (tertiary alicyclic amines) is 1. The smallest absolute Gasteiger partial charge is 0.254 e. The Morgan fingerprint density at radius 2 is 1.75 bits per heavy atom. The average Bonchev–Trinajstić information content (AvgIpc) is 3.24. The molecule has 0 aliphatic carbocycles. The Hall–Kier alpha value is -3.27. The number of hydrogen-bond donors (Lipinski definition) is 2. The Morgan fingerprint density at radius 3 is 2.28 bits per heavy atom. The van der Waals surface area contributed by atoms with Gasteiger partial charge in [0, 0.05) is 63.2 Å². The summed E-state index contributed by atoms with van der Waals surface area (Å²) in [6.07, 6.45) is 5.33. The zero-order valence-electron chi connectivity index (χ0n) is 19.0. The molecule has 1 aromatic heterocycles. The molecular formula is C22H31N5O5. The van der Waals surface area contributed by atoms with Gasteiger partial charge in [-0.05, 0) is 12.8 Å². The molecule has 3 rings (SSSR count). The number of carbonyl (C=O) groups is 2. The predicted octanol–water partition coefficient (Wildman–Crippen LogP) is 1.67. The van der Waals surface area contributed by atoms with Crippen molar-refractivity contribution in [1.29, 1.82) is 0 Å². The van der Waals surface area contributed by atoms with Crippen molar-refractivity contribution in [2.75, 3.05) is 46.3 Å². The van der Waals surface area contributed by atoms with Crippen LogP contribution in [0.2, 0.25) is 0 Å². The number of ether oxygens (including phenoxy) is 3. The number of hydrogen-bond acceptors (Lipinski definition) is 7. The van der Waals surface area contributed by atoms with Gasteiger partial charge in [-0.1, -0.05) is 0 Å². The van der Waals surface area contributed by atoms with Gasteiger partial charge in [0.2, 0.25) is 11.7 Å². The lowest BCUT2D eigenvalue weighted by atomic mass is 10.0. The van der Waals surface area contributed by atoms with Gasteiger partial charge in [-0.15, -0.1) is 0 Å². The molecule has 1 aromatic carbocycles. The van der Waals surface area contributed by atoms with Crippen LogP contribution in [-0.2, 0) is 11.8 Å². The second-order valence-electron chi connectivity index (χ2n) is 7.70. The molecule has 0 atom stereocenters. The summed E-state index contributed by atoms with van der Waals surface area (Å²) in [7, 11) is 6.39. The number of carbonyl (C=O) groups excluding carboxylic acids is 2. The van der Waals surface area contributed by atoms with Gasteiger partial charge in [-0.25, -0.2) is 0 Å². The summed E-state index contributed by atoms with van der Waals surface area (Å²) in [6.45, 7) is 2.31. The molecule has 2 N–H and O–H groups in total. The van der Waals surface area contributed by atoms with Gasteiger partial charge >= 0.3 is 0 Å². The zero-order chi connectivity index (χ0) is 23.1. The molecule has 10 heteroatoms. The van der Waals surface area contributed by atoms with Crippen molar-refractivity contribution in [3.63, 3.8) is 0 Å². The molecule has 0 unspecified atom stereocenters. The highest BCUT2D eigenvalue weighted by Gasteiger charge is 2.22. The zero-order valence-corrected chi connectivity index (χ0v) is 19.0. The molecule has 174 valence electrons. The van der Waals surface area contributed by atoms with Gasteiger partial charge in [-0.2, -0.15) is 5.10 Å². The first-order chi connectivity index (χ1) is 15.4. The fourth-order valence-corrected chi connectivity index (χ4v) is 3.74. The summed E-state index contributed by atoms with van der Waals surface area (Å²) >= 11 is 0. The van der Waals surface area contributed by atoms with Crippen LogP contribution >= 0.6 is 0 Å². The first-order valence-electron chi connectivity index (χ1n) is 10.5. The van der Waals surface area contributed by atoms with E-state index in [1.807, 2.05) is 0 Å². The molecule has 1 aliphatic rings. The minimum atomic E-state index is -0.0960. The summed E-state index contributed by atoms with van der Waals surface area (Å²) in [5.74, 6) is 1.26. The van der Waals surface area contributed by atoms with Gasteiger partial charge in [0.15, 0.2) is 11.5 Å². The lowest BCUT2D eigenvalue weighted by molar-refractivity contribution is -0.116. The molecule has 1 aliphatic heterocycles. The van der Waals surface area contributed by atoms with Crippen LogP contribution in [0.1, 0.15) is 29.6 Å². The number of nitrogens with zero attached hydrogens (tertiary/aromatic N) is 3. The average molecular weight is 446 g/mol. The van der Waals surface area contributed by atoms with E-state index in [0.717, 1.165) is 25.9 Å². The molecule has 2 aromatic rings. The number of methoxy groups -OCH3 is 3. The molecule has 0 radical (unpaired) electrons. The monoisotopic (exact) mass is 445 g/mol. The fraction of sp³-hybridized carbons (Fsp3) is 0.500. The lowest BCUT2D eigenvalue weighted by Crippen LogP contribution is -2.45. The van der Waals surface area contributed by atoms with E-state index in [4.69, 9.17) is 14.2 Å². The van der Waals surface area contributed by atoms with Crippen LogP contribution in [0.5, 0.6) is 17.2 Å². The number of aromatic nitrogens is 2. The highest BCUT2D eigenvalue weighted by Crippen LogP contribution is 2.39. The second kappa shape index (κ2) is 10.9. The topological polar surface area (TPSA) is 107 Å². The second-order valence-corrected chi connectivity index (χ2v) is 7.70. The summed E-state index contributed by atoms with van der Waals surface area (Å²) in [5, 5.41) is 9.99. The summed E-state index contributed by atoms with van der Waals surface area (Å²) in [6, 6.07) is 3.54. The van der Waals surface area contributed by atoms with Crippen molar-refractivity contribution < 1.29 is 23.8 Å². The highest BCUT2D eigenvalue weighted by molar-refractivity contribution is 5.94. The molecule has 2 heterocycles. The Kier molecular flexibility index (Phi) is 7.93. The third kappa shape index (κ3) is 5.91. The maximum Gasteiger partial charge on any atom is 0.254 e. The van der Waals surface area contributed by atoms with Gasteiger partial charge in [-0.3, -0.25) is 14.3 Å². The van der Waals surface area contributed by atoms with Crippen LogP contribution in [-0.4, -0.2) is 73.5 Å². The standard InChI is InChI=1S/C22H31N5O5/c1-26-14-15(13-23-26)22(29)25-16-5-8-27(9-6-16)10-7-20(28)24-17-11-18(30-2)21(32-4)19(12-17)31-3/h11-14,16H,5-10H2,1-4H3,(H,24,28)(H,25,29). The van der Waals surface area contributed by atoms with Crippen LogP contribution in [0.3, 0.4) is 0 Å². The Morgan fingerprint density at radius 1 is 1.09 bits per heavy atom. The van der Waals surface area contributed by atoms with E-state index in [2.05, 4.69) is 20.6 Å². The number of aryl methyl sites for hydroxylation is 1. The van der Waals surface area contributed by atoms with E-state index in [0.29, 0.717) is 41.5 Å². The number of amides is 2. The number of anilines is 1. The van der Waals surface area contributed by atoms with Crippen molar-refractivity contribution >= 4 is 17.5 Å². The van der Waals surface area contributed by atoms with Crippen molar-refractivity contribution in [1.82, 2.24) is 20.0 Å². The summed E-state index contributed by atoms with van der Waals surface area (Å²) in [4.78, 5) is 27.0. The SMILES string of the molecule is COc1cc(NC(=O)CCN2CCC(NC(=O)c3cnn(C)c3)CC2)cc(OC)c1OC. The third-order valence-corrected chi connectivity index (χ3v) is 5.49. The normalized spacial score (nSPS) is 14.6. The van der Waals surface area contributed by atoms with E-state index < -0.39 is 0 Å². The van der Waals surface area contributed by atoms with Crippen LogP contribution in [0.4, 0.5) is 5.69 Å². The highest BCUT2D eigenvalue weighted by atomic mass is 16.5. The van der Waals surface area contributed by atoms with E-state index in [-0.39, 0.29) is 17.9 Å². The van der Waals surface area contributed by atoms with Crippen molar-refractivity contribution in [3.05, 3.63) is 30.1 Å². The minimum Gasteiger partial charge on any atom is -0.493 e. The molecule has 1 fully saturated rings. The third-order valence-electron chi connectivity index (χ3n) is 5.49. The van der Waals surface area contributed by atoms with Gasteiger partial charge in [0.25, 0.3) is 5.91 Å². The predicted molar refractivity (Wildman–Crippen MR) is 119 cm³/mol. The van der Waals surface area contributed by atoms with Gasteiger partial charge < -0.3 is 29.7 Å². The fourth-order valence-electron chi connectivity index (χ4n) is 3.74. The summed E-state index contributed by atoms with van der Waals surface area (Å²) in [5.41, 5.74) is 1.15. The van der Waals surface area contributed by atoms with Crippen LogP contribution in [0.25, 0.3) is 0 Å². The van der Waals surface area contributed by atoms with Crippen LogP contribution in [0, 0.1) is 0 Å². The molecule has 0 bridgehead atoms. The van der Waals surface area contributed by atoms with Gasteiger partial charge in [0.1, 0.15) is 0 Å².